The normalized spacial score (nSPS) is 8.80. The lowest BCUT2D eigenvalue weighted by molar-refractivity contribution is 0.395. The van der Waals surface area contributed by atoms with Gasteiger partial charge in [-0.1, -0.05) is 24.8 Å². The van der Waals surface area contributed by atoms with E-state index in [1.807, 2.05) is 0 Å². The molecule has 0 aromatic heterocycles. The second-order valence-corrected chi connectivity index (χ2v) is 1.93. The van der Waals surface area contributed by atoms with E-state index in [1.54, 1.807) is 0 Å². The highest BCUT2D eigenvalue weighted by Crippen LogP contribution is 2.01. The third-order valence-electron chi connectivity index (χ3n) is 0.627. The Morgan fingerprint density at radius 2 is 2.10 bits per heavy atom. The van der Waals surface area contributed by atoms with Crippen LogP contribution in [0.15, 0.2) is 36.1 Å². The second kappa shape index (κ2) is 4.66. The molecule has 0 aliphatic carbocycles. The van der Waals surface area contributed by atoms with Gasteiger partial charge in [0.15, 0.2) is 0 Å². The number of hydrogen-bond donors (Lipinski definition) is 0. The Hall–Kier alpha value is -1.20. The minimum absolute atomic E-state index is 0.240. The summed E-state index contributed by atoms with van der Waals surface area (Å²) in [6.07, 6.45) is 4.41. The molecule has 0 fully saturated rings. The Labute approximate surface area is 64.7 Å². The van der Waals surface area contributed by atoms with Crippen LogP contribution in [0.4, 0.5) is 0 Å². The summed E-state index contributed by atoms with van der Waals surface area (Å²) < 4.78 is 4.32. The van der Waals surface area contributed by atoms with Gasteiger partial charge in [0.05, 0.1) is 0 Å². The smallest absolute Gasteiger partial charge is 0.292 e. The van der Waals surface area contributed by atoms with E-state index in [1.165, 1.54) is 18.4 Å². The van der Waals surface area contributed by atoms with Crippen LogP contribution in [0.2, 0.25) is 0 Å². The monoisotopic (exact) mass is 155 g/mol. The van der Waals surface area contributed by atoms with Crippen molar-refractivity contribution in [1.29, 1.82) is 5.26 Å². The fourth-order valence-electron chi connectivity index (χ4n) is 0.276. The lowest BCUT2D eigenvalue weighted by atomic mass is 10.4. The Morgan fingerprint density at radius 3 is 2.50 bits per heavy atom. The number of nitriles is 1. The zero-order valence-corrected chi connectivity index (χ0v) is 6.06. The molecule has 52 valence electrons. The predicted octanol–water partition coefficient (Wildman–Crippen LogP) is 2.31. The summed E-state index contributed by atoms with van der Waals surface area (Å²) in [6.45, 7) is 6.77. The van der Waals surface area contributed by atoms with Crippen LogP contribution in [-0.4, -0.2) is 0 Å². The standard InChI is InChI=1S/C7H6ClNO/c1-6(8)3-4-7(2)10-5-9/h3-4H,1-2H2/b4-3-. The molecular weight excluding hydrogens is 150 g/mol. The first kappa shape index (κ1) is 8.80. The molecule has 0 aromatic carbocycles. The van der Waals surface area contributed by atoms with E-state index < -0.39 is 0 Å². The summed E-state index contributed by atoms with van der Waals surface area (Å²) in [7, 11) is 0. The molecule has 0 saturated carbocycles. The van der Waals surface area contributed by atoms with E-state index in [9.17, 15) is 0 Å². The highest BCUT2D eigenvalue weighted by Gasteiger charge is 1.84. The van der Waals surface area contributed by atoms with E-state index in [4.69, 9.17) is 16.9 Å². The largest absolute Gasteiger partial charge is 0.389 e. The quantitative estimate of drug-likeness (QED) is 0.356. The minimum Gasteiger partial charge on any atom is -0.389 e. The van der Waals surface area contributed by atoms with Crippen LogP contribution in [0.3, 0.4) is 0 Å². The van der Waals surface area contributed by atoms with Crippen LogP contribution >= 0.6 is 11.6 Å². The van der Waals surface area contributed by atoms with E-state index in [2.05, 4.69) is 17.9 Å². The third kappa shape index (κ3) is 4.95. The van der Waals surface area contributed by atoms with Crippen molar-refractivity contribution in [3.05, 3.63) is 36.1 Å². The van der Waals surface area contributed by atoms with Gasteiger partial charge in [-0.2, -0.15) is 0 Å². The van der Waals surface area contributed by atoms with Crippen LogP contribution in [-0.2, 0) is 4.74 Å². The van der Waals surface area contributed by atoms with Crippen molar-refractivity contribution in [1.82, 2.24) is 0 Å². The third-order valence-corrected chi connectivity index (χ3v) is 0.753. The van der Waals surface area contributed by atoms with Crippen molar-refractivity contribution in [3.8, 4) is 6.26 Å². The van der Waals surface area contributed by atoms with Crippen molar-refractivity contribution in [2.75, 3.05) is 0 Å². The SMILES string of the molecule is C=C(Cl)/C=C\C(=C)OC#N. The summed E-state index contributed by atoms with van der Waals surface area (Å²) >= 11 is 5.36. The number of ether oxygens (including phenoxy) is 1. The Balaban J connectivity index is 3.81. The fourth-order valence-corrected chi connectivity index (χ4v) is 0.339. The number of hydrogen-bond acceptors (Lipinski definition) is 2. The van der Waals surface area contributed by atoms with Gasteiger partial charge in [0.25, 0.3) is 6.26 Å². The Bertz CT molecular complexity index is 212. The fraction of sp³-hybridized carbons (Fsp3) is 0. The first-order chi connectivity index (χ1) is 4.66. The van der Waals surface area contributed by atoms with E-state index in [0.717, 1.165) is 0 Å². The number of allylic oxidation sites excluding steroid dienone is 3. The van der Waals surface area contributed by atoms with Crippen molar-refractivity contribution in [2.45, 2.75) is 0 Å². The van der Waals surface area contributed by atoms with Gasteiger partial charge in [0.2, 0.25) is 0 Å². The Kier molecular flexibility index (Phi) is 4.10. The van der Waals surface area contributed by atoms with Crippen LogP contribution in [0, 0.1) is 11.5 Å². The summed E-state index contributed by atoms with van der Waals surface area (Å²) in [5, 5.41) is 8.34. The molecule has 0 rings (SSSR count). The Morgan fingerprint density at radius 1 is 1.50 bits per heavy atom. The maximum absolute atomic E-state index is 7.98. The van der Waals surface area contributed by atoms with Crippen LogP contribution in [0.25, 0.3) is 0 Å². The topological polar surface area (TPSA) is 33.0 Å². The van der Waals surface area contributed by atoms with E-state index >= 15 is 0 Å². The number of nitrogens with zero attached hydrogens (tertiary/aromatic N) is 1. The average molecular weight is 156 g/mol. The maximum atomic E-state index is 7.98. The molecule has 0 N–H and O–H groups in total. The zero-order valence-electron chi connectivity index (χ0n) is 5.30. The molecule has 0 saturated heterocycles. The molecule has 10 heavy (non-hydrogen) atoms. The molecular formula is C7H6ClNO. The summed E-state index contributed by atoms with van der Waals surface area (Å²) in [5.74, 6) is 0.240. The van der Waals surface area contributed by atoms with Crippen LogP contribution in [0.5, 0.6) is 0 Å². The highest BCUT2D eigenvalue weighted by atomic mass is 35.5. The first-order valence-electron chi connectivity index (χ1n) is 2.44. The van der Waals surface area contributed by atoms with Gasteiger partial charge in [-0.25, -0.2) is 0 Å². The molecule has 0 aliphatic rings. The zero-order chi connectivity index (χ0) is 7.98. The lowest BCUT2D eigenvalue weighted by Crippen LogP contribution is -1.75. The summed E-state index contributed by atoms with van der Waals surface area (Å²) in [6, 6.07) is 0. The average Bonchev–Trinajstić information content (AvgIpc) is 1.85. The van der Waals surface area contributed by atoms with Gasteiger partial charge < -0.3 is 4.74 Å². The molecule has 0 bridgehead atoms. The van der Waals surface area contributed by atoms with Crippen LogP contribution in [0.1, 0.15) is 0 Å². The van der Waals surface area contributed by atoms with E-state index in [0.29, 0.717) is 5.03 Å². The van der Waals surface area contributed by atoms with Crippen molar-refractivity contribution in [3.63, 3.8) is 0 Å². The van der Waals surface area contributed by atoms with Gasteiger partial charge >= 0.3 is 0 Å². The molecule has 0 atom stereocenters. The molecule has 0 spiro atoms. The van der Waals surface area contributed by atoms with Crippen molar-refractivity contribution < 1.29 is 4.74 Å². The number of halogens is 1. The maximum Gasteiger partial charge on any atom is 0.292 e. The van der Waals surface area contributed by atoms with Gasteiger partial charge in [-0.3, -0.25) is 0 Å². The summed E-state index contributed by atoms with van der Waals surface area (Å²) in [4.78, 5) is 0. The second-order valence-electron chi connectivity index (χ2n) is 1.44. The van der Waals surface area contributed by atoms with Gasteiger partial charge in [0.1, 0.15) is 5.76 Å². The molecule has 0 unspecified atom stereocenters. The van der Waals surface area contributed by atoms with Gasteiger partial charge in [-0.15, -0.1) is 5.26 Å². The molecule has 2 nitrogen and oxygen atoms in total. The van der Waals surface area contributed by atoms with Crippen LogP contribution < -0.4 is 0 Å². The lowest BCUT2D eigenvalue weighted by Gasteiger charge is -1.89. The molecule has 0 radical (unpaired) electrons. The molecule has 0 amide bonds. The molecule has 3 heteroatoms. The summed E-state index contributed by atoms with van der Waals surface area (Å²) in [5.41, 5.74) is 0. The predicted molar refractivity (Wildman–Crippen MR) is 40.0 cm³/mol. The first-order valence-corrected chi connectivity index (χ1v) is 2.82. The van der Waals surface area contributed by atoms with Gasteiger partial charge in [-0.05, 0) is 12.2 Å². The molecule has 0 aliphatic heterocycles. The highest BCUT2D eigenvalue weighted by molar-refractivity contribution is 6.30. The van der Waals surface area contributed by atoms with Gasteiger partial charge in [0, 0.05) is 5.03 Å². The van der Waals surface area contributed by atoms with Crippen molar-refractivity contribution in [2.24, 2.45) is 0 Å². The van der Waals surface area contributed by atoms with E-state index in [-0.39, 0.29) is 5.76 Å². The molecule has 0 heterocycles. The van der Waals surface area contributed by atoms with Crippen molar-refractivity contribution >= 4 is 11.6 Å². The minimum atomic E-state index is 0.240. The number of rotatable bonds is 3. The molecule has 0 aromatic rings.